The number of nitrogens with zero attached hydrogens (tertiary/aromatic N) is 7. The number of aromatic nitrogens is 5. The average molecular weight is 552 g/mol. The molecule has 0 unspecified atom stereocenters. The molecule has 208 valence electrons. The first kappa shape index (κ1) is 25.2. The van der Waals surface area contributed by atoms with E-state index in [0.29, 0.717) is 38.7 Å². The summed E-state index contributed by atoms with van der Waals surface area (Å²) in [6.45, 7) is 6.51. The van der Waals surface area contributed by atoms with Crippen molar-refractivity contribution in [1.82, 2.24) is 29.8 Å². The number of hydrogen-bond donors (Lipinski definition) is 1. The Kier molecular flexibility index (Phi) is 6.15. The standard InChI is InChI=1S/C30H29N7O4/c1-18-27(19(2)41-34-18)21-8-9-25-24(12-21)29(36-10-11-40-17-26(36)20-6-4-3-5-7-20)33-28(32-25)22-13-31-37(14-22)23-15-35(16-23)30(38)39/h3-9,12-14,23,26H,10-11,15-17H2,1-2H3,(H,38,39)/t26-/m1/s1. The summed E-state index contributed by atoms with van der Waals surface area (Å²) >= 11 is 0. The number of hydrogen-bond acceptors (Lipinski definition) is 8. The molecule has 11 nitrogen and oxygen atoms in total. The number of rotatable bonds is 5. The molecule has 1 atom stereocenters. The summed E-state index contributed by atoms with van der Waals surface area (Å²) in [6, 6.07) is 16.5. The normalized spacial score (nSPS) is 17.7. The van der Waals surface area contributed by atoms with Gasteiger partial charge in [0, 0.05) is 36.8 Å². The molecule has 5 heterocycles. The second kappa shape index (κ2) is 10.0. The van der Waals surface area contributed by atoms with Crippen LogP contribution in [0.4, 0.5) is 10.6 Å². The van der Waals surface area contributed by atoms with Gasteiger partial charge >= 0.3 is 6.09 Å². The van der Waals surface area contributed by atoms with Gasteiger partial charge in [-0.1, -0.05) is 41.6 Å². The van der Waals surface area contributed by atoms with E-state index in [1.54, 1.807) is 6.20 Å². The summed E-state index contributed by atoms with van der Waals surface area (Å²) in [5, 5.41) is 18.8. The highest BCUT2D eigenvalue weighted by Crippen LogP contribution is 2.37. The highest BCUT2D eigenvalue weighted by Gasteiger charge is 2.33. The highest BCUT2D eigenvalue weighted by atomic mass is 16.5. The number of carbonyl (C=O) groups is 1. The van der Waals surface area contributed by atoms with E-state index in [4.69, 9.17) is 19.2 Å². The third kappa shape index (κ3) is 4.48. The number of carboxylic acid groups (broad SMARTS) is 1. The van der Waals surface area contributed by atoms with Gasteiger partial charge in [-0.2, -0.15) is 5.10 Å². The Bertz CT molecular complexity index is 1720. The van der Waals surface area contributed by atoms with Crippen LogP contribution in [-0.2, 0) is 4.74 Å². The molecule has 0 saturated carbocycles. The Morgan fingerprint density at radius 3 is 2.63 bits per heavy atom. The SMILES string of the molecule is Cc1noc(C)c1-c1ccc2nc(-c3cnn(C4CN(C(=O)O)C4)c3)nc(N3CCOC[C@@H]3c3ccccc3)c2c1. The van der Waals surface area contributed by atoms with Crippen LogP contribution in [0.1, 0.15) is 29.1 Å². The molecule has 5 aromatic rings. The van der Waals surface area contributed by atoms with E-state index in [-0.39, 0.29) is 12.1 Å². The zero-order chi connectivity index (χ0) is 28.1. The van der Waals surface area contributed by atoms with Gasteiger partial charge < -0.3 is 24.2 Å². The quantitative estimate of drug-likeness (QED) is 0.326. The van der Waals surface area contributed by atoms with Crippen LogP contribution in [-0.4, -0.2) is 73.9 Å². The second-order valence-corrected chi connectivity index (χ2v) is 10.5. The first-order valence-corrected chi connectivity index (χ1v) is 13.6. The number of likely N-dealkylation sites (tertiary alicyclic amines) is 1. The van der Waals surface area contributed by atoms with Gasteiger partial charge in [0.2, 0.25) is 0 Å². The van der Waals surface area contributed by atoms with E-state index in [1.807, 2.05) is 55.1 Å². The molecular formula is C30H29N7O4. The largest absolute Gasteiger partial charge is 0.465 e. The maximum absolute atomic E-state index is 11.2. The molecule has 1 N–H and O–H groups in total. The van der Waals surface area contributed by atoms with Crippen molar-refractivity contribution in [3.8, 4) is 22.5 Å². The number of morpholine rings is 1. The van der Waals surface area contributed by atoms with Crippen LogP contribution < -0.4 is 4.90 Å². The summed E-state index contributed by atoms with van der Waals surface area (Å²) in [5.41, 5.74) is 5.55. The van der Waals surface area contributed by atoms with E-state index >= 15 is 0 Å². The number of amides is 1. The van der Waals surface area contributed by atoms with Crippen molar-refractivity contribution >= 4 is 22.8 Å². The third-order valence-corrected chi connectivity index (χ3v) is 7.95. The fourth-order valence-electron chi connectivity index (χ4n) is 5.75. The maximum Gasteiger partial charge on any atom is 0.407 e. The topological polar surface area (TPSA) is 123 Å². The van der Waals surface area contributed by atoms with Crippen LogP contribution in [0.5, 0.6) is 0 Å². The van der Waals surface area contributed by atoms with Crippen molar-refractivity contribution in [3.63, 3.8) is 0 Å². The van der Waals surface area contributed by atoms with Crippen molar-refractivity contribution in [1.29, 1.82) is 0 Å². The summed E-state index contributed by atoms with van der Waals surface area (Å²) in [7, 11) is 0. The number of aryl methyl sites for hydroxylation is 2. The number of ether oxygens (including phenoxy) is 1. The van der Waals surface area contributed by atoms with Gasteiger partial charge in [0.05, 0.1) is 48.3 Å². The smallest absolute Gasteiger partial charge is 0.407 e. The van der Waals surface area contributed by atoms with Crippen molar-refractivity contribution in [3.05, 3.63) is 77.9 Å². The molecule has 2 fully saturated rings. The second-order valence-electron chi connectivity index (χ2n) is 10.5. The van der Waals surface area contributed by atoms with Crippen LogP contribution in [0.2, 0.25) is 0 Å². The molecule has 0 spiro atoms. The average Bonchev–Trinajstić information content (AvgIpc) is 3.58. The van der Waals surface area contributed by atoms with E-state index in [1.165, 1.54) is 4.90 Å². The third-order valence-electron chi connectivity index (χ3n) is 7.95. The molecule has 0 aliphatic carbocycles. The zero-order valence-corrected chi connectivity index (χ0v) is 22.8. The maximum atomic E-state index is 11.2. The Balaban J connectivity index is 1.35. The lowest BCUT2D eigenvalue weighted by molar-refractivity contribution is 0.0812. The molecular weight excluding hydrogens is 522 g/mol. The lowest BCUT2D eigenvalue weighted by Crippen LogP contribution is -2.50. The summed E-state index contributed by atoms with van der Waals surface area (Å²) in [5.74, 6) is 2.15. The van der Waals surface area contributed by atoms with Crippen molar-refractivity contribution < 1.29 is 19.2 Å². The van der Waals surface area contributed by atoms with Gasteiger partial charge in [-0.3, -0.25) is 4.68 Å². The van der Waals surface area contributed by atoms with E-state index < -0.39 is 6.09 Å². The first-order valence-electron chi connectivity index (χ1n) is 13.6. The Morgan fingerprint density at radius 1 is 1.05 bits per heavy atom. The fourth-order valence-corrected chi connectivity index (χ4v) is 5.75. The molecule has 0 bridgehead atoms. The lowest BCUT2D eigenvalue weighted by atomic mass is 10.0. The van der Waals surface area contributed by atoms with E-state index in [2.05, 4.69) is 33.4 Å². The van der Waals surface area contributed by atoms with Crippen LogP contribution in [0, 0.1) is 13.8 Å². The van der Waals surface area contributed by atoms with Gasteiger partial charge in [-0.05, 0) is 37.1 Å². The van der Waals surface area contributed by atoms with Crippen LogP contribution in [0.15, 0.2) is 65.4 Å². The Morgan fingerprint density at radius 2 is 1.88 bits per heavy atom. The van der Waals surface area contributed by atoms with Crippen LogP contribution in [0.25, 0.3) is 33.4 Å². The molecule has 2 aromatic carbocycles. The lowest BCUT2D eigenvalue weighted by Gasteiger charge is -2.37. The summed E-state index contributed by atoms with van der Waals surface area (Å²) in [6.07, 6.45) is 2.74. The van der Waals surface area contributed by atoms with E-state index in [9.17, 15) is 9.90 Å². The number of fused-ring (bicyclic) bond motifs is 1. The monoisotopic (exact) mass is 551 g/mol. The molecule has 2 aliphatic heterocycles. The summed E-state index contributed by atoms with van der Waals surface area (Å²) < 4.78 is 13.2. The molecule has 2 saturated heterocycles. The van der Waals surface area contributed by atoms with E-state index in [0.717, 1.165) is 50.4 Å². The number of benzene rings is 2. The van der Waals surface area contributed by atoms with Gasteiger partial charge in [0.25, 0.3) is 0 Å². The molecule has 7 rings (SSSR count). The minimum absolute atomic E-state index is 0.000844. The minimum atomic E-state index is -0.912. The molecule has 2 aliphatic rings. The van der Waals surface area contributed by atoms with Gasteiger partial charge in [-0.15, -0.1) is 0 Å². The van der Waals surface area contributed by atoms with Gasteiger partial charge in [-0.25, -0.2) is 14.8 Å². The first-order chi connectivity index (χ1) is 20.0. The van der Waals surface area contributed by atoms with Crippen LogP contribution >= 0.6 is 0 Å². The minimum Gasteiger partial charge on any atom is -0.465 e. The highest BCUT2D eigenvalue weighted by molar-refractivity contribution is 5.95. The van der Waals surface area contributed by atoms with Gasteiger partial charge in [0.15, 0.2) is 5.82 Å². The van der Waals surface area contributed by atoms with Gasteiger partial charge in [0.1, 0.15) is 11.6 Å². The Hall–Kier alpha value is -4.77. The number of anilines is 1. The Labute approximate surface area is 236 Å². The fraction of sp³-hybridized carbons (Fsp3) is 0.300. The molecule has 11 heteroatoms. The van der Waals surface area contributed by atoms with Crippen LogP contribution in [0.3, 0.4) is 0 Å². The van der Waals surface area contributed by atoms with Crippen molar-refractivity contribution in [2.24, 2.45) is 0 Å². The predicted octanol–water partition coefficient (Wildman–Crippen LogP) is 4.88. The zero-order valence-electron chi connectivity index (χ0n) is 22.8. The molecule has 1 amide bonds. The van der Waals surface area contributed by atoms with Crippen molar-refractivity contribution in [2.45, 2.75) is 25.9 Å². The molecule has 3 aromatic heterocycles. The van der Waals surface area contributed by atoms with Crippen molar-refractivity contribution in [2.75, 3.05) is 37.7 Å². The molecule has 0 radical (unpaired) electrons. The predicted molar refractivity (Wildman–Crippen MR) is 152 cm³/mol. The summed E-state index contributed by atoms with van der Waals surface area (Å²) in [4.78, 5) is 25.0. The molecule has 41 heavy (non-hydrogen) atoms.